The van der Waals surface area contributed by atoms with Gasteiger partial charge >= 0.3 is 0 Å². The maximum Gasteiger partial charge on any atom is 0.273 e. The van der Waals surface area contributed by atoms with E-state index in [1.807, 2.05) is 20.0 Å². The quantitative estimate of drug-likeness (QED) is 0.669. The second-order valence-corrected chi connectivity index (χ2v) is 4.34. The van der Waals surface area contributed by atoms with Crippen molar-refractivity contribution in [2.75, 3.05) is 7.05 Å². The Labute approximate surface area is 116 Å². The number of hydrogen-bond donors (Lipinski definition) is 1. The Kier molecular flexibility index (Phi) is 4.27. The Morgan fingerprint density at radius 3 is 2.75 bits per heavy atom. The lowest BCUT2D eigenvalue weighted by Crippen LogP contribution is -2.05. The van der Waals surface area contributed by atoms with E-state index in [0.29, 0.717) is 11.6 Å². The monoisotopic (exact) mass is 273 g/mol. The van der Waals surface area contributed by atoms with Gasteiger partial charge < -0.3 is 10.1 Å². The fourth-order valence-corrected chi connectivity index (χ4v) is 1.70. The van der Waals surface area contributed by atoms with Gasteiger partial charge in [0.05, 0.1) is 11.0 Å². The Hall–Kier alpha value is -2.47. The van der Waals surface area contributed by atoms with Crippen molar-refractivity contribution < 1.29 is 9.66 Å². The minimum atomic E-state index is -0.449. The number of benzene rings is 1. The molecule has 0 unspecified atom stereocenters. The fraction of sp³-hybridized carbons (Fsp3) is 0.214. The first kappa shape index (κ1) is 14.0. The smallest absolute Gasteiger partial charge is 0.273 e. The van der Waals surface area contributed by atoms with Crippen LogP contribution < -0.4 is 10.1 Å². The third-order valence-electron chi connectivity index (χ3n) is 2.78. The Bertz CT molecular complexity index is 612. The van der Waals surface area contributed by atoms with Gasteiger partial charge in [-0.1, -0.05) is 6.07 Å². The number of non-ortho nitro benzene ring substituents is 1. The van der Waals surface area contributed by atoms with Gasteiger partial charge in [0.25, 0.3) is 5.69 Å². The summed E-state index contributed by atoms with van der Waals surface area (Å²) in [5.41, 5.74) is 1.85. The largest absolute Gasteiger partial charge is 0.439 e. The van der Waals surface area contributed by atoms with E-state index in [1.54, 1.807) is 18.3 Å². The summed E-state index contributed by atoms with van der Waals surface area (Å²) in [6, 6.07) is 8.14. The van der Waals surface area contributed by atoms with Gasteiger partial charge in [-0.25, -0.2) is 4.98 Å². The van der Waals surface area contributed by atoms with Gasteiger partial charge in [-0.3, -0.25) is 10.1 Å². The van der Waals surface area contributed by atoms with Crippen molar-refractivity contribution in [1.29, 1.82) is 0 Å². The summed E-state index contributed by atoms with van der Waals surface area (Å²) >= 11 is 0. The zero-order valence-corrected chi connectivity index (χ0v) is 11.3. The number of nitrogens with zero attached hydrogens (tertiary/aromatic N) is 2. The Balaban J connectivity index is 2.20. The second kappa shape index (κ2) is 6.12. The van der Waals surface area contributed by atoms with Crippen molar-refractivity contribution in [2.45, 2.75) is 13.5 Å². The molecule has 0 saturated carbocycles. The van der Waals surface area contributed by atoms with Crippen molar-refractivity contribution in [1.82, 2.24) is 10.3 Å². The van der Waals surface area contributed by atoms with E-state index in [-0.39, 0.29) is 5.69 Å². The third-order valence-corrected chi connectivity index (χ3v) is 2.78. The van der Waals surface area contributed by atoms with Crippen LogP contribution in [-0.4, -0.2) is 17.0 Å². The van der Waals surface area contributed by atoms with Crippen molar-refractivity contribution in [3.8, 4) is 11.6 Å². The number of pyridine rings is 1. The van der Waals surface area contributed by atoms with Crippen LogP contribution in [0.4, 0.5) is 5.69 Å². The normalized spacial score (nSPS) is 10.3. The maximum atomic E-state index is 10.8. The van der Waals surface area contributed by atoms with E-state index in [9.17, 15) is 10.1 Å². The molecule has 1 N–H and O–H groups in total. The van der Waals surface area contributed by atoms with Crippen molar-refractivity contribution in [2.24, 2.45) is 0 Å². The molecule has 1 aromatic heterocycles. The molecule has 20 heavy (non-hydrogen) atoms. The highest BCUT2D eigenvalue weighted by Crippen LogP contribution is 2.27. The summed E-state index contributed by atoms with van der Waals surface area (Å²) in [5.74, 6) is 0.849. The van der Waals surface area contributed by atoms with Crippen LogP contribution in [0.1, 0.15) is 11.1 Å². The summed E-state index contributed by atoms with van der Waals surface area (Å²) in [6.07, 6.45) is 1.71. The van der Waals surface area contributed by atoms with Crippen LogP contribution in [0.15, 0.2) is 36.5 Å². The van der Waals surface area contributed by atoms with Crippen LogP contribution in [-0.2, 0) is 6.54 Å². The lowest BCUT2D eigenvalue weighted by atomic mass is 10.2. The number of nitro groups is 1. The molecule has 0 amide bonds. The zero-order chi connectivity index (χ0) is 14.5. The third kappa shape index (κ3) is 3.30. The molecular weight excluding hydrogens is 258 g/mol. The van der Waals surface area contributed by atoms with E-state index in [0.717, 1.165) is 17.7 Å². The number of aryl methyl sites for hydroxylation is 1. The SMILES string of the molecule is CNCc1ccc(Oc2cc([N+](=O)[O-])ccc2C)nc1. The van der Waals surface area contributed by atoms with E-state index >= 15 is 0 Å². The number of hydrogen-bond acceptors (Lipinski definition) is 5. The van der Waals surface area contributed by atoms with Crippen LogP contribution >= 0.6 is 0 Å². The second-order valence-electron chi connectivity index (χ2n) is 4.34. The summed E-state index contributed by atoms with van der Waals surface area (Å²) in [5, 5.41) is 13.8. The molecular formula is C14H15N3O3. The van der Waals surface area contributed by atoms with Crippen LogP contribution in [0.5, 0.6) is 11.6 Å². The van der Waals surface area contributed by atoms with E-state index in [2.05, 4.69) is 10.3 Å². The standard InChI is InChI=1S/C14H15N3O3/c1-10-3-5-12(17(18)19)7-13(10)20-14-6-4-11(8-15-2)9-16-14/h3-7,9,15H,8H2,1-2H3. The molecule has 0 spiro atoms. The van der Waals surface area contributed by atoms with Crippen LogP contribution in [0.3, 0.4) is 0 Å². The molecule has 2 aromatic rings. The highest BCUT2D eigenvalue weighted by Gasteiger charge is 2.10. The number of ether oxygens (including phenoxy) is 1. The van der Waals surface area contributed by atoms with Gasteiger partial charge in [-0.2, -0.15) is 0 Å². The molecule has 1 heterocycles. The summed E-state index contributed by atoms with van der Waals surface area (Å²) in [4.78, 5) is 14.5. The number of rotatable bonds is 5. The zero-order valence-electron chi connectivity index (χ0n) is 11.3. The Morgan fingerprint density at radius 2 is 2.15 bits per heavy atom. The molecule has 6 nitrogen and oxygen atoms in total. The minimum absolute atomic E-state index is 0.00240. The predicted octanol–water partition coefficient (Wildman–Crippen LogP) is 2.81. The molecule has 0 radical (unpaired) electrons. The molecule has 0 fully saturated rings. The van der Waals surface area contributed by atoms with Gasteiger partial charge in [0.1, 0.15) is 5.75 Å². The highest BCUT2D eigenvalue weighted by atomic mass is 16.6. The number of aromatic nitrogens is 1. The van der Waals surface area contributed by atoms with Gasteiger partial charge in [0, 0.05) is 24.9 Å². The van der Waals surface area contributed by atoms with Crippen molar-refractivity contribution in [3.05, 3.63) is 57.8 Å². The molecule has 0 saturated heterocycles. The van der Waals surface area contributed by atoms with Gasteiger partial charge in [-0.05, 0) is 31.2 Å². The van der Waals surface area contributed by atoms with Gasteiger partial charge in [0.15, 0.2) is 0 Å². The fourth-order valence-electron chi connectivity index (χ4n) is 1.70. The first-order chi connectivity index (χ1) is 9.60. The molecule has 0 aliphatic carbocycles. The van der Waals surface area contributed by atoms with E-state index in [1.165, 1.54) is 12.1 Å². The van der Waals surface area contributed by atoms with Crippen LogP contribution in [0.25, 0.3) is 0 Å². The minimum Gasteiger partial charge on any atom is -0.439 e. The average molecular weight is 273 g/mol. The predicted molar refractivity (Wildman–Crippen MR) is 74.9 cm³/mol. The lowest BCUT2D eigenvalue weighted by molar-refractivity contribution is -0.384. The molecule has 0 atom stereocenters. The molecule has 0 bridgehead atoms. The van der Waals surface area contributed by atoms with E-state index < -0.39 is 4.92 Å². The molecule has 6 heteroatoms. The average Bonchev–Trinajstić information content (AvgIpc) is 2.43. The topological polar surface area (TPSA) is 77.3 Å². The maximum absolute atomic E-state index is 10.8. The molecule has 104 valence electrons. The highest BCUT2D eigenvalue weighted by molar-refractivity contribution is 5.45. The van der Waals surface area contributed by atoms with Crippen molar-refractivity contribution in [3.63, 3.8) is 0 Å². The first-order valence-electron chi connectivity index (χ1n) is 6.12. The summed E-state index contributed by atoms with van der Waals surface area (Å²) < 4.78 is 5.60. The van der Waals surface area contributed by atoms with Gasteiger partial charge in [0.2, 0.25) is 5.88 Å². The molecule has 1 aromatic carbocycles. The summed E-state index contributed by atoms with van der Waals surface area (Å²) in [7, 11) is 1.86. The molecule has 0 aliphatic rings. The van der Waals surface area contributed by atoms with Crippen LogP contribution in [0.2, 0.25) is 0 Å². The van der Waals surface area contributed by atoms with E-state index in [4.69, 9.17) is 4.74 Å². The Morgan fingerprint density at radius 1 is 1.35 bits per heavy atom. The number of nitrogens with one attached hydrogen (secondary N) is 1. The molecule has 0 aliphatic heterocycles. The number of nitro benzene ring substituents is 1. The van der Waals surface area contributed by atoms with Gasteiger partial charge in [-0.15, -0.1) is 0 Å². The first-order valence-corrected chi connectivity index (χ1v) is 6.12. The summed E-state index contributed by atoms with van der Waals surface area (Å²) in [6.45, 7) is 2.55. The lowest BCUT2D eigenvalue weighted by Gasteiger charge is -2.08. The van der Waals surface area contributed by atoms with Crippen molar-refractivity contribution >= 4 is 5.69 Å². The van der Waals surface area contributed by atoms with Crippen LogP contribution in [0, 0.1) is 17.0 Å². The molecule has 2 rings (SSSR count).